The maximum Gasteiger partial charge on any atom is 0.0845 e. The van der Waals surface area contributed by atoms with Gasteiger partial charge in [0.1, 0.15) is 0 Å². The van der Waals surface area contributed by atoms with Crippen LogP contribution < -0.4 is 0 Å². The van der Waals surface area contributed by atoms with Crippen LogP contribution in [0.1, 0.15) is 25.0 Å². The molecule has 2 atom stereocenters. The largest absolute Gasteiger partial charge is 0.382 e. The Bertz CT molecular complexity index is 246. The summed E-state index contributed by atoms with van der Waals surface area (Å²) in [5, 5.41) is 0. The van der Waals surface area contributed by atoms with Crippen LogP contribution in [-0.4, -0.2) is 20.3 Å². The topological polar surface area (TPSA) is 18.5 Å². The highest BCUT2D eigenvalue weighted by Crippen LogP contribution is 2.22. The molecule has 2 heteroatoms. The normalized spacial score (nSPS) is 15.1. The van der Waals surface area contributed by atoms with Crippen molar-refractivity contribution in [2.45, 2.75) is 25.6 Å². The molecule has 1 aromatic carbocycles. The maximum atomic E-state index is 5.43. The summed E-state index contributed by atoms with van der Waals surface area (Å²) < 4.78 is 10.7. The molecule has 0 aromatic heterocycles. The minimum absolute atomic E-state index is 0.131. The van der Waals surface area contributed by atoms with Crippen molar-refractivity contribution in [2.24, 2.45) is 0 Å². The van der Waals surface area contributed by atoms with Gasteiger partial charge in [-0.2, -0.15) is 0 Å². The van der Waals surface area contributed by atoms with E-state index >= 15 is 0 Å². The van der Waals surface area contributed by atoms with Crippen molar-refractivity contribution < 1.29 is 9.47 Å². The number of rotatable bonds is 5. The van der Waals surface area contributed by atoms with Gasteiger partial charge in [-0.05, 0) is 12.5 Å². The minimum Gasteiger partial charge on any atom is -0.382 e. The van der Waals surface area contributed by atoms with E-state index in [1.54, 1.807) is 14.2 Å². The smallest absolute Gasteiger partial charge is 0.0845 e. The molecular formula is C12H18O2. The van der Waals surface area contributed by atoms with Gasteiger partial charge in [0.05, 0.1) is 12.2 Å². The van der Waals surface area contributed by atoms with E-state index in [1.165, 1.54) is 5.56 Å². The van der Waals surface area contributed by atoms with E-state index in [-0.39, 0.29) is 12.2 Å². The predicted molar refractivity (Wildman–Crippen MR) is 57.3 cm³/mol. The van der Waals surface area contributed by atoms with Crippen molar-refractivity contribution in [3.63, 3.8) is 0 Å². The Morgan fingerprint density at radius 1 is 1.07 bits per heavy atom. The molecule has 0 saturated carbocycles. The third kappa shape index (κ3) is 3.13. The van der Waals surface area contributed by atoms with E-state index in [9.17, 15) is 0 Å². The molecule has 0 heterocycles. The first kappa shape index (κ1) is 11.2. The summed E-state index contributed by atoms with van der Waals surface area (Å²) in [6.45, 7) is 2.05. The first-order chi connectivity index (χ1) is 6.77. The molecule has 1 rings (SSSR count). The summed E-state index contributed by atoms with van der Waals surface area (Å²) in [7, 11) is 3.46. The Morgan fingerprint density at radius 3 is 2.21 bits per heavy atom. The van der Waals surface area contributed by atoms with Crippen LogP contribution in [0, 0.1) is 0 Å². The average molecular weight is 194 g/mol. The van der Waals surface area contributed by atoms with Gasteiger partial charge in [0.2, 0.25) is 0 Å². The third-order valence-corrected chi connectivity index (χ3v) is 2.40. The van der Waals surface area contributed by atoms with Gasteiger partial charge < -0.3 is 9.47 Å². The molecule has 78 valence electrons. The minimum atomic E-state index is 0.131. The standard InChI is InChI=1S/C12H18O2/c1-10(13-2)9-12(14-3)11-7-5-4-6-8-11/h4-8,10,12H,9H2,1-3H3. The second kappa shape index (κ2) is 5.78. The fourth-order valence-electron chi connectivity index (χ4n) is 1.43. The lowest BCUT2D eigenvalue weighted by Crippen LogP contribution is -2.12. The van der Waals surface area contributed by atoms with Crippen LogP contribution in [0.3, 0.4) is 0 Å². The summed E-state index contributed by atoms with van der Waals surface area (Å²) in [4.78, 5) is 0. The molecule has 0 aliphatic rings. The summed E-state index contributed by atoms with van der Waals surface area (Å²) in [6.07, 6.45) is 1.24. The lowest BCUT2D eigenvalue weighted by atomic mass is 10.0. The van der Waals surface area contributed by atoms with E-state index in [0.29, 0.717) is 0 Å². The van der Waals surface area contributed by atoms with Gasteiger partial charge in [-0.1, -0.05) is 30.3 Å². The molecule has 0 amide bonds. The quantitative estimate of drug-likeness (QED) is 0.717. The van der Waals surface area contributed by atoms with E-state index in [2.05, 4.69) is 19.1 Å². The molecule has 0 spiro atoms. The van der Waals surface area contributed by atoms with Crippen molar-refractivity contribution in [1.29, 1.82) is 0 Å². The molecule has 0 saturated heterocycles. The molecule has 2 nitrogen and oxygen atoms in total. The highest BCUT2D eigenvalue weighted by molar-refractivity contribution is 5.17. The van der Waals surface area contributed by atoms with Gasteiger partial charge >= 0.3 is 0 Å². The molecule has 0 aliphatic heterocycles. The van der Waals surface area contributed by atoms with E-state index in [0.717, 1.165) is 6.42 Å². The van der Waals surface area contributed by atoms with Crippen LogP contribution in [-0.2, 0) is 9.47 Å². The van der Waals surface area contributed by atoms with Crippen molar-refractivity contribution in [2.75, 3.05) is 14.2 Å². The lowest BCUT2D eigenvalue weighted by Gasteiger charge is -2.19. The second-order valence-corrected chi connectivity index (χ2v) is 3.42. The molecule has 0 radical (unpaired) electrons. The van der Waals surface area contributed by atoms with Crippen molar-refractivity contribution >= 4 is 0 Å². The molecular weight excluding hydrogens is 176 g/mol. The summed E-state index contributed by atoms with van der Waals surface area (Å²) in [5.74, 6) is 0. The number of hydrogen-bond donors (Lipinski definition) is 0. The molecule has 0 fully saturated rings. The number of methoxy groups -OCH3 is 2. The zero-order valence-corrected chi connectivity index (χ0v) is 9.07. The summed E-state index contributed by atoms with van der Waals surface area (Å²) in [5.41, 5.74) is 1.21. The molecule has 2 unspecified atom stereocenters. The Morgan fingerprint density at radius 2 is 1.71 bits per heavy atom. The Kier molecular flexibility index (Phi) is 4.63. The van der Waals surface area contributed by atoms with Crippen molar-refractivity contribution in [3.8, 4) is 0 Å². The van der Waals surface area contributed by atoms with Gasteiger partial charge in [0, 0.05) is 20.6 Å². The Balaban J connectivity index is 2.63. The highest BCUT2D eigenvalue weighted by atomic mass is 16.5. The van der Waals surface area contributed by atoms with Crippen LogP contribution in [0.25, 0.3) is 0 Å². The van der Waals surface area contributed by atoms with Crippen LogP contribution in [0.15, 0.2) is 30.3 Å². The van der Waals surface area contributed by atoms with Gasteiger partial charge in [-0.15, -0.1) is 0 Å². The van der Waals surface area contributed by atoms with Gasteiger partial charge in [0.15, 0.2) is 0 Å². The molecule has 0 aliphatic carbocycles. The predicted octanol–water partition coefficient (Wildman–Crippen LogP) is 2.80. The second-order valence-electron chi connectivity index (χ2n) is 3.42. The number of benzene rings is 1. The zero-order chi connectivity index (χ0) is 10.4. The van der Waals surface area contributed by atoms with Gasteiger partial charge in [0.25, 0.3) is 0 Å². The van der Waals surface area contributed by atoms with Crippen LogP contribution >= 0.6 is 0 Å². The zero-order valence-electron chi connectivity index (χ0n) is 9.07. The highest BCUT2D eigenvalue weighted by Gasteiger charge is 2.13. The van der Waals surface area contributed by atoms with Gasteiger partial charge in [-0.25, -0.2) is 0 Å². The van der Waals surface area contributed by atoms with E-state index in [1.807, 2.05) is 18.2 Å². The molecule has 1 aromatic rings. The molecule has 0 N–H and O–H groups in total. The lowest BCUT2D eigenvalue weighted by molar-refractivity contribution is 0.0299. The van der Waals surface area contributed by atoms with Crippen LogP contribution in [0.4, 0.5) is 0 Å². The van der Waals surface area contributed by atoms with Crippen LogP contribution in [0.2, 0.25) is 0 Å². The fraction of sp³-hybridized carbons (Fsp3) is 0.500. The Hall–Kier alpha value is -0.860. The van der Waals surface area contributed by atoms with Gasteiger partial charge in [-0.3, -0.25) is 0 Å². The molecule has 0 bridgehead atoms. The fourth-order valence-corrected chi connectivity index (χ4v) is 1.43. The summed E-state index contributed by atoms with van der Waals surface area (Å²) in [6, 6.07) is 10.2. The average Bonchev–Trinajstić information content (AvgIpc) is 2.26. The van der Waals surface area contributed by atoms with Crippen molar-refractivity contribution in [1.82, 2.24) is 0 Å². The molecule has 14 heavy (non-hydrogen) atoms. The van der Waals surface area contributed by atoms with E-state index < -0.39 is 0 Å². The van der Waals surface area contributed by atoms with Crippen molar-refractivity contribution in [3.05, 3.63) is 35.9 Å². The van der Waals surface area contributed by atoms with Crippen LogP contribution in [0.5, 0.6) is 0 Å². The first-order valence-corrected chi connectivity index (χ1v) is 4.88. The SMILES string of the molecule is COC(C)CC(OC)c1ccccc1. The Labute approximate surface area is 85.8 Å². The number of ether oxygens (including phenoxy) is 2. The number of hydrogen-bond acceptors (Lipinski definition) is 2. The third-order valence-electron chi connectivity index (χ3n) is 2.40. The first-order valence-electron chi connectivity index (χ1n) is 4.88. The maximum absolute atomic E-state index is 5.43. The van der Waals surface area contributed by atoms with E-state index in [4.69, 9.17) is 9.47 Å². The monoisotopic (exact) mass is 194 g/mol. The summed E-state index contributed by atoms with van der Waals surface area (Å²) >= 11 is 0.